The summed E-state index contributed by atoms with van der Waals surface area (Å²) in [6, 6.07) is 11.0. The molecular weight excluding hydrogens is 367 g/mol. The second-order valence-corrected chi connectivity index (χ2v) is 7.99. The van der Waals surface area contributed by atoms with Crippen molar-refractivity contribution in [3.05, 3.63) is 59.4 Å². The molecule has 27 heavy (non-hydrogen) atoms. The van der Waals surface area contributed by atoms with Gasteiger partial charge in [-0.3, -0.25) is 0 Å². The maximum Gasteiger partial charge on any atom is 0.241 e. The van der Waals surface area contributed by atoms with Gasteiger partial charge in [-0.05, 0) is 55.4 Å². The van der Waals surface area contributed by atoms with Crippen LogP contribution in [-0.4, -0.2) is 39.6 Å². The lowest BCUT2D eigenvalue weighted by Crippen LogP contribution is -2.27. The molecule has 7 heteroatoms. The number of likely N-dealkylation sites (N-methyl/N-ethyl adjacent to an activating group) is 1. The van der Waals surface area contributed by atoms with Gasteiger partial charge in [-0.1, -0.05) is 32.0 Å². The van der Waals surface area contributed by atoms with E-state index in [-0.39, 0.29) is 11.4 Å². The van der Waals surface area contributed by atoms with Gasteiger partial charge in [-0.2, -0.15) is 0 Å². The topological polar surface area (TPSA) is 58.6 Å². The van der Waals surface area contributed by atoms with Gasteiger partial charge in [0.25, 0.3) is 0 Å². The van der Waals surface area contributed by atoms with Crippen LogP contribution < -0.4 is 9.46 Å². The van der Waals surface area contributed by atoms with E-state index in [2.05, 4.69) is 23.5 Å². The van der Waals surface area contributed by atoms with Crippen molar-refractivity contribution in [1.29, 1.82) is 0 Å². The third-order valence-corrected chi connectivity index (χ3v) is 5.94. The molecule has 2 rings (SSSR count). The minimum Gasteiger partial charge on any atom is -0.492 e. The average Bonchev–Trinajstić information content (AvgIpc) is 2.66. The van der Waals surface area contributed by atoms with E-state index in [1.54, 1.807) is 6.92 Å². The Bertz CT molecular complexity index is 835. The molecule has 0 heterocycles. The van der Waals surface area contributed by atoms with Gasteiger partial charge in [0, 0.05) is 13.1 Å². The van der Waals surface area contributed by atoms with Crippen molar-refractivity contribution in [3.8, 4) is 5.75 Å². The van der Waals surface area contributed by atoms with Crippen molar-refractivity contribution in [2.75, 3.05) is 26.2 Å². The van der Waals surface area contributed by atoms with E-state index in [9.17, 15) is 12.8 Å². The quantitative estimate of drug-likeness (QED) is 0.672. The van der Waals surface area contributed by atoms with Gasteiger partial charge in [0.05, 0.1) is 4.90 Å². The highest BCUT2D eigenvalue weighted by Gasteiger charge is 2.17. The monoisotopic (exact) mass is 394 g/mol. The second kappa shape index (κ2) is 9.82. The average molecular weight is 395 g/mol. The van der Waals surface area contributed by atoms with Gasteiger partial charge >= 0.3 is 0 Å². The van der Waals surface area contributed by atoms with Crippen LogP contribution in [0.15, 0.2) is 47.4 Å². The summed E-state index contributed by atoms with van der Waals surface area (Å²) in [7, 11) is -3.78. The van der Waals surface area contributed by atoms with Crippen molar-refractivity contribution in [2.45, 2.75) is 32.2 Å². The number of aryl methyl sites for hydroxylation is 1. The van der Waals surface area contributed by atoms with Crippen molar-refractivity contribution in [1.82, 2.24) is 9.62 Å². The van der Waals surface area contributed by atoms with Crippen LogP contribution in [0.4, 0.5) is 4.39 Å². The number of sulfonamides is 1. The summed E-state index contributed by atoms with van der Waals surface area (Å²) < 4.78 is 46.4. The fourth-order valence-corrected chi connectivity index (χ4v) is 3.93. The zero-order valence-corrected chi connectivity index (χ0v) is 16.9. The van der Waals surface area contributed by atoms with Gasteiger partial charge in [0.2, 0.25) is 10.0 Å². The molecule has 0 saturated carbocycles. The minimum atomic E-state index is -3.78. The summed E-state index contributed by atoms with van der Waals surface area (Å²) in [6.07, 6.45) is 0. The van der Waals surface area contributed by atoms with E-state index in [1.807, 2.05) is 24.3 Å². The molecule has 0 fully saturated rings. The lowest BCUT2D eigenvalue weighted by atomic mass is 10.2. The third-order valence-electron chi connectivity index (χ3n) is 4.40. The molecule has 5 nitrogen and oxygen atoms in total. The molecular formula is C20H27FN2O3S. The zero-order valence-electron chi connectivity index (χ0n) is 16.0. The molecule has 0 spiro atoms. The molecule has 0 saturated heterocycles. The highest BCUT2D eigenvalue weighted by atomic mass is 32.2. The molecule has 148 valence electrons. The fourth-order valence-electron chi connectivity index (χ4n) is 2.66. The predicted octanol–water partition coefficient (Wildman–Crippen LogP) is 3.33. The first-order valence-electron chi connectivity index (χ1n) is 9.05. The smallest absolute Gasteiger partial charge is 0.241 e. The van der Waals surface area contributed by atoms with Crippen LogP contribution in [0.1, 0.15) is 25.0 Å². The Hall–Kier alpha value is -1.96. The summed E-state index contributed by atoms with van der Waals surface area (Å²) in [4.78, 5) is 2.23. The lowest BCUT2D eigenvalue weighted by molar-refractivity contribution is 0.223. The van der Waals surface area contributed by atoms with Crippen LogP contribution >= 0.6 is 0 Å². The Balaban J connectivity index is 1.92. The highest BCUT2D eigenvalue weighted by Crippen LogP contribution is 2.17. The molecule has 0 bridgehead atoms. The number of hydrogen-bond donors (Lipinski definition) is 1. The Morgan fingerprint density at radius 1 is 1.07 bits per heavy atom. The van der Waals surface area contributed by atoms with Gasteiger partial charge in [0.1, 0.15) is 18.2 Å². The van der Waals surface area contributed by atoms with Crippen LogP contribution in [0.3, 0.4) is 0 Å². The van der Waals surface area contributed by atoms with Crippen LogP contribution in [0.2, 0.25) is 0 Å². The van der Waals surface area contributed by atoms with Crippen LogP contribution in [0, 0.1) is 12.7 Å². The maximum atomic E-state index is 13.4. The van der Waals surface area contributed by atoms with E-state index in [1.165, 1.54) is 12.1 Å². The number of rotatable bonds is 10. The van der Waals surface area contributed by atoms with E-state index in [0.717, 1.165) is 37.0 Å². The van der Waals surface area contributed by atoms with Crippen molar-refractivity contribution < 1.29 is 17.5 Å². The standard InChI is InChI=1S/C20H27FN2O3S/c1-4-23(5-2)12-13-26-19-10-7-17(8-11-19)15-22-27(24,25)20-14-18(21)9-6-16(20)3/h6-11,14,22H,4-5,12-13,15H2,1-3H3. The number of hydrogen-bond acceptors (Lipinski definition) is 4. The second-order valence-electron chi connectivity index (χ2n) is 6.25. The normalized spacial score (nSPS) is 11.7. The predicted molar refractivity (Wildman–Crippen MR) is 105 cm³/mol. The molecule has 0 aliphatic carbocycles. The van der Waals surface area contributed by atoms with Gasteiger partial charge in [-0.15, -0.1) is 0 Å². The number of ether oxygens (including phenoxy) is 1. The first kappa shape index (κ1) is 21.3. The summed E-state index contributed by atoms with van der Waals surface area (Å²) in [6.45, 7) is 9.44. The molecule has 1 N–H and O–H groups in total. The Kier molecular flexibility index (Phi) is 7.77. The minimum absolute atomic E-state index is 0.0427. The Morgan fingerprint density at radius 2 is 1.74 bits per heavy atom. The molecule has 0 atom stereocenters. The first-order chi connectivity index (χ1) is 12.9. The van der Waals surface area contributed by atoms with E-state index in [0.29, 0.717) is 12.2 Å². The summed E-state index contributed by atoms with van der Waals surface area (Å²) in [5, 5.41) is 0. The fraction of sp³-hybridized carbons (Fsp3) is 0.400. The molecule has 0 radical (unpaired) electrons. The molecule has 0 amide bonds. The van der Waals surface area contributed by atoms with Gasteiger partial charge in [0.15, 0.2) is 0 Å². The van der Waals surface area contributed by atoms with E-state index >= 15 is 0 Å². The summed E-state index contributed by atoms with van der Waals surface area (Å²) in [5.41, 5.74) is 1.30. The van der Waals surface area contributed by atoms with E-state index in [4.69, 9.17) is 4.74 Å². The zero-order chi connectivity index (χ0) is 19.9. The summed E-state index contributed by atoms with van der Waals surface area (Å²) >= 11 is 0. The van der Waals surface area contributed by atoms with Crippen molar-refractivity contribution >= 4 is 10.0 Å². The Morgan fingerprint density at radius 3 is 2.37 bits per heavy atom. The first-order valence-corrected chi connectivity index (χ1v) is 10.5. The highest BCUT2D eigenvalue weighted by molar-refractivity contribution is 7.89. The van der Waals surface area contributed by atoms with E-state index < -0.39 is 15.8 Å². The lowest BCUT2D eigenvalue weighted by Gasteiger charge is -2.18. The molecule has 2 aromatic rings. The SMILES string of the molecule is CCN(CC)CCOc1ccc(CNS(=O)(=O)c2cc(F)ccc2C)cc1. The largest absolute Gasteiger partial charge is 0.492 e. The third kappa shape index (κ3) is 6.30. The molecule has 0 unspecified atom stereocenters. The molecule has 0 aromatic heterocycles. The number of nitrogens with zero attached hydrogens (tertiary/aromatic N) is 1. The molecule has 2 aromatic carbocycles. The van der Waals surface area contributed by atoms with Crippen LogP contribution in [-0.2, 0) is 16.6 Å². The van der Waals surface area contributed by atoms with Crippen molar-refractivity contribution in [3.63, 3.8) is 0 Å². The maximum absolute atomic E-state index is 13.4. The Labute approximate surface area is 161 Å². The molecule has 0 aliphatic heterocycles. The summed E-state index contributed by atoms with van der Waals surface area (Å²) in [5.74, 6) is 0.168. The number of benzene rings is 2. The van der Waals surface area contributed by atoms with Crippen LogP contribution in [0.5, 0.6) is 5.75 Å². The number of halogens is 1. The number of nitrogens with one attached hydrogen (secondary N) is 1. The van der Waals surface area contributed by atoms with Gasteiger partial charge in [-0.25, -0.2) is 17.5 Å². The molecule has 0 aliphatic rings. The van der Waals surface area contributed by atoms with Crippen molar-refractivity contribution in [2.24, 2.45) is 0 Å². The van der Waals surface area contributed by atoms with Gasteiger partial charge < -0.3 is 9.64 Å². The van der Waals surface area contributed by atoms with Crippen LogP contribution in [0.25, 0.3) is 0 Å².